The molecule has 0 aromatic heterocycles. The molecule has 1 heterocycles. The second-order valence-electron chi connectivity index (χ2n) is 5.91. The minimum absolute atomic E-state index is 0.148. The van der Waals surface area contributed by atoms with Gasteiger partial charge in [0.15, 0.2) is 0 Å². The highest BCUT2D eigenvalue weighted by molar-refractivity contribution is 8.00. The van der Waals surface area contributed by atoms with E-state index in [0.717, 1.165) is 18.1 Å². The molecule has 1 aliphatic heterocycles. The molecule has 1 saturated heterocycles. The molecule has 2 aliphatic rings. The van der Waals surface area contributed by atoms with Gasteiger partial charge in [-0.05, 0) is 55.4 Å². The van der Waals surface area contributed by atoms with Gasteiger partial charge in [-0.25, -0.2) is 4.39 Å². The van der Waals surface area contributed by atoms with Crippen LogP contribution in [0.2, 0.25) is 0 Å². The molecule has 1 aromatic rings. The van der Waals surface area contributed by atoms with Crippen molar-refractivity contribution in [2.24, 2.45) is 11.1 Å². The molecule has 0 amide bonds. The van der Waals surface area contributed by atoms with E-state index in [1.807, 2.05) is 23.9 Å². The molecule has 1 aromatic carbocycles. The molecule has 104 valence electrons. The number of nitrogens with two attached hydrogens (primary N) is 1. The third-order valence-corrected chi connectivity index (χ3v) is 5.86. The summed E-state index contributed by atoms with van der Waals surface area (Å²) in [5.74, 6) is -0.180. The van der Waals surface area contributed by atoms with E-state index in [4.69, 9.17) is 10.5 Å². The largest absolute Gasteiger partial charge is 0.381 e. The van der Waals surface area contributed by atoms with Crippen LogP contribution in [0.4, 0.5) is 4.39 Å². The fourth-order valence-corrected chi connectivity index (χ4v) is 5.10. The summed E-state index contributed by atoms with van der Waals surface area (Å²) in [5, 5.41) is 0. The van der Waals surface area contributed by atoms with Gasteiger partial charge < -0.3 is 10.5 Å². The van der Waals surface area contributed by atoms with Gasteiger partial charge in [0.2, 0.25) is 0 Å². The normalized spacial score (nSPS) is 24.1. The van der Waals surface area contributed by atoms with Crippen LogP contribution in [0, 0.1) is 11.2 Å². The molecule has 4 heteroatoms. The van der Waals surface area contributed by atoms with Crippen LogP contribution in [0.15, 0.2) is 29.2 Å². The molecule has 0 radical (unpaired) electrons. The van der Waals surface area contributed by atoms with Crippen LogP contribution in [0.1, 0.15) is 25.7 Å². The number of hydrogen-bond acceptors (Lipinski definition) is 3. The number of hydrogen-bond donors (Lipinski definition) is 1. The van der Waals surface area contributed by atoms with Crippen LogP contribution >= 0.6 is 11.8 Å². The predicted molar refractivity (Wildman–Crippen MR) is 75.8 cm³/mol. The summed E-state index contributed by atoms with van der Waals surface area (Å²) in [4.78, 5) is 1.12. The van der Waals surface area contributed by atoms with Gasteiger partial charge in [-0.3, -0.25) is 0 Å². The summed E-state index contributed by atoms with van der Waals surface area (Å²) >= 11 is 1.82. The first-order chi connectivity index (χ1) is 9.15. The Morgan fingerprint density at radius 2 is 1.79 bits per heavy atom. The monoisotopic (exact) mass is 281 g/mol. The molecule has 2 N–H and O–H groups in total. The van der Waals surface area contributed by atoms with E-state index >= 15 is 0 Å². The summed E-state index contributed by atoms with van der Waals surface area (Å²) < 4.78 is 18.5. The Balaban J connectivity index is 1.67. The van der Waals surface area contributed by atoms with Crippen molar-refractivity contribution in [3.8, 4) is 0 Å². The molecule has 19 heavy (non-hydrogen) atoms. The smallest absolute Gasteiger partial charge is 0.123 e. The van der Waals surface area contributed by atoms with E-state index in [-0.39, 0.29) is 10.6 Å². The van der Waals surface area contributed by atoms with Crippen molar-refractivity contribution in [1.29, 1.82) is 0 Å². The van der Waals surface area contributed by atoms with Crippen molar-refractivity contribution in [3.05, 3.63) is 30.1 Å². The highest BCUT2D eigenvalue weighted by atomic mass is 32.2. The first-order valence-electron chi connectivity index (χ1n) is 6.88. The molecule has 0 bridgehead atoms. The van der Waals surface area contributed by atoms with Crippen LogP contribution in [0.3, 0.4) is 0 Å². The first kappa shape index (κ1) is 13.4. The lowest BCUT2D eigenvalue weighted by Gasteiger charge is -2.57. The molecular formula is C15H20FNOS. The van der Waals surface area contributed by atoms with E-state index < -0.39 is 0 Å². The van der Waals surface area contributed by atoms with Crippen molar-refractivity contribution in [2.45, 2.75) is 35.3 Å². The number of ether oxygens (including phenoxy) is 1. The lowest BCUT2D eigenvalue weighted by molar-refractivity contribution is -0.0451. The summed E-state index contributed by atoms with van der Waals surface area (Å²) in [6.07, 6.45) is 4.67. The molecular weight excluding hydrogens is 261 g/mol. The molecule has 1 spiro atoms. The standard InChI is InChI=1S/C15H20FNOS/c16-12-1-3-13(4-2-12)19-15(11-17)9-14(10-15)5-7-18-8-6-14/h1-4H,5-11,17H2. The maximum Gasteiger partial charge on any atom is 0.123 e. The van der Waals surface area contributed by atoms with Crippen LogP contribution < -0.4 is 5.73 Å². The van der Waals surface area contributed by atoms with E-state index in [1.165, 1.54) is 37.8 Å². The lowest BCUT2D eigenvalue weighted by Crippen LogP contribution is -2.55. The molecule has 1 saturated carbocycles. The quantitative estimate of drug-likeness (QED) is 0.924. The van der Waals surface area contributed by atoms with Gasteiger partial charge >= 0.3 is 0 Å². The first-order valence-corrected chi connectivity index (χ1v) is 7.70. The summed E-state index contributed by atoms with van der Waals surface area (Å²) in [6.45, 7) is 2.47. The Kier molecular flexibility index (Phi) is 3.58. The Labute approximate surface area is 117 Å². The Morgan fingerprint density at radius 1 is 1.16 bits per heavy atom. The number of rotatable bonds is 3. The van der Waals surface area contributed by atoms with E-state index in [2.05, 4.69) is 0 Å². The fourth-order valence-electron chi connectivity index (χ4n) is 3.48. The minimum Gasteiger partial charge on any atom is -0.381 e. The van der Waals surface area contributed by atoms with E-state index in [9.17, 15) is 4.39 Å². The van der Waals surface area contributed by atoms with Crippen molar-refractivity contribution >= 4 is 11.8 Å². The zero-order valence-electron chi connectivity index (χ0n) is 11.0. The molecule has 0 unspecified atom stereocenters. The van der Waals surface area contributed by atoms with Gasteiger partial charge in [0, 0.05) is 29.4 Å². The molecule has 1 aliphatic carbocycles. The van der Waals surface area contributed by atoms with Crippen molar-refractivity contribution in [1.82, 2.24) is 0 Å². The van der Waals surface area contributed by atoms with Crippen molar-refractivity contribution in [3.63, 3.8) is 0 Å². The Bertz CT molecular complexity index is 434. The second kappa shape index (κ2) is 5.08. The predicted octanol–water partition coefficient (Wildman–Crippen LogP) is 3.21. The van der Waals surface area contributed by atoms with E-state index in [0.29, 0.717) is 12.0 Å². The number of halogens is 1. The average molecular weight is 281 g/mol. The maximum atomic E-state index is 12.9. The van der Waals surface area contributed by atoms with Gasteiger partial charge in [-0.1, -0.05) is 0 Å². The SMILES string of the molecule is NCC1(Sc2ccc(F)cc2)CC2(CCOCC2)C1. The van der Waals surface area contributed by atoms with Gasteiger partial charge in [-0.15, -0.1) is 11.8 Å². The fraction of sp³-hybridized carbons (Fsp3) is 0.600. The van der Waals surface area contributed by atoms with Crippen LogP contribution in [-0.2, 0) is 4.74 Å². The zero-order chi connectivity index (χ0) is 13.3. The summed E-state index contributed by atoms with van der Waals surface area (Å²) in [5.41, 5.74) is 6.47. The summed E-state index contributed by atoms with van der Waals surface area (Å²) in [7, 11) is 0. The number of benzene rings is 1. The van der Waals surface area contributed by atoms with Crippen molar-refractivity contribution < 1.29 is 9.13 Å². The number of thioether (sulfide) groups is 1. The van der Waals surface area contributed by atoms with Gasteiger partial charge in [0.1, 0.15) is 5.82 Å². The lowest BCUT2D eigenvalue weighted by atomic mass is 9.57. The topological polar surface area (TPSA) is 35.2 Å². The van der Waals surface area contributed by atoms with Gasteiger partial charge in [-0.2, -0.15) is 0 Å². The average Bonchev–Trinajstić information content (AvgIpc) is 2.40. The third-order valence-electron chi connectivity index (χ3n) is 4.47. The van der Waals surface area contributed by atoms with Crippen LogP contribution in [0.5, 0.6) is 0 Å². The highest BCUT2D eigenvalue weighted by Gasteiger charge is 2.54. The zero-order valence-corrected chi connectivity index (χ0v) is 11.8. The van der Waals surface area contributed by atoms with Gasteiger partial charge in [0.25, 0.3) is 0 Å². The molecule has 0 atom stereocenters. The molecule has 2 fully saturated rings. The van der Waals surface area contributed by atoms with E-state index in [1.54, 1.807) is 0 Å². The second-order valence-corrected chi connectivity index (χ2v) is 7.45. The maximum absolute atomic E-state index is 12.9. The summed E-state index contributed by atoms with van der Waals surface area (Å²) in [6, 6.07) is 6.75. The Morgan fingerprint density at radius 3 is 2.37 bits per heavy atom. The molecule has 2 nitrogen and oxygen atoms in total. The third kappa shape index (κ3) is 2.67. The molecule has 3 rings (SSSR count). The highest BCUT2D eigenvalue weighted by Crippen LogP contribution is 2.61. The van der Waals surface area contributed by atoms with Crippen molar-refractivity contribution in [2.75, 3.05) is 19.8 Å². The van der Waals surface area contributed by atoms with Crippen LogP contribution in [0.25, 0.3) is 0 Å². The van der Waals surface area contributed by atoms with Crippen LogP contribution in [-0.4, -0.2) is 24.5 Å². The minimum atomic E-state index is -0.180. The van der Waals surface area contributed by atoms with Gasteiger partial charge in [0.05, 0.1) is 0 Å². The Hall–Kier alpha value is -0.580.